The maximum atomic E-state index is 2.37. The molecule has 0 spiro atoms. The molecule has 0 amide bonds. The van der Waals surface area contributed by atoms with Gasteiger partial charge in [-0.25, -0.2) is 0 Å². The second-order valence-corrected chi connectivity index (χ2v) is 4.07. The Balaban J connectivity index is 2.79. The summed E-state index contributed by atoms with van der Waals surface area (Å²) in [5, 5.41) is 0. The first-order valence-electron chi connectivity index (χ1n) is 3.93. The molecule has 0 heterocycles. The average molecular weight is 268 g/mol. The third-order valence-corrected chi connectivity index (χ3v) is 3.03. The summed E-state index contributed by atoms with van der Waals surface area (Å²) in [6.45, 7) is 2.15. The van der Waals surface area contributed by atoms with E-state index in [1.165, 1.54) is 20.3 Å². The highest BCUT2D eigenvalue weighted by Crippen LogP contribution is 2.30. The van der Waals surface area contributed by atoms with Gasteiger partial charge in [0.1, 0.15) is 0 Å². The monoisotopic (exact) mass is 268 g/mol. The molecular weight excluding hydrogens is 259 g/mol. The first kappa shape index (κ1) is 8.05. The molecule has 2 aliphatic carbocycles. The molecule has 2 rings (SSSR count). The summed E-state index contributed by atoms with van der Waals surface area (Å²) in [6.07, 6.45) is 0. The Labute approximate surface area is 86.1 Å². The largest absolute Gasteiger partial charge is 0.0620 e. The fourth-order valence-electron chi connectivity index (χ4n) is 1.42. The molecule has 12 heavy (non-hydrogen) atoms. The third-order valence-electron chi connectivity index (χ3n) is 2.09. The van der Waals surface area contributed by atoms with Crippen LogP contribution in [0.25, 0.3) is 11.1 Å². The molecule has 0 saturated carbocycles. The molecule has 60 valence electrons. The van der Waals surface area contributed by atoms with Gasteiger partial charge in [0, 0.05) is 3.57 Å². The van der Waals surface area contributed by atoms with Crippen molar-refractivity contribution in [2.24, 2.45) is 0 Å². The van der Waals surface area contributed by atoms with Gasteiger partial charge in [-0.05, 0) is 52.3 Å². The molecule has 0 bridgehead atoms. The van der Waals surface area contributed by atoms with Gasteiger partial charge >= 0.3 is 0 Å². The van der Waals surface area contributed by atoms with Crippen LogP contribution in [0.2, 0.25) is 0 Å². The molecule has 0 aromatic carbocycles. The summed E-state index contributed by atoms with van der Waals surface area (Å²) in [7, 11) is 0. The van der Waals surface area contributed by atoms with Crippen LogP contribution in [-0.4, -0.2) is 0 Å². The molecule has 0 nitrogen and oxygen atoms in total. The van der Waals surface area contributed by atoms with Gasteiger partial charge in [0.25, 0.3) is 0 Å². The molecule has 1 heteroatoms. The molecule has 0 radical (unpaired) electrons. The van der Waals surface area contributed by atoms with Gasteiger partial charge in [-0.3, -0.25) is 0 Å². The van der Waals surface area contributed by atoms with Crippen molar-refractivity contribution >= 4 is 22.6 Å². The van der Waals surface area contributed by atoms with E-state index in [0.29, 0.717) is 0 Å². The van der Waals surface area contributed by atoms with Crippen molar-refractivity contribution in [2.75, 3.05) is 0 Å². The maximum Gasteiger partial charge on any atom is 0.0209 e. The van der Waals surface area contributed by atoms with Gasteiger partial charge in [-0.1, -0.05) is 30.3 Å². The Bertz CT molecular complexity index is 379. The maximum absolute atomic E-state index is 2.37. The SMILES string of the molecule is Cc1ccccc2c(I)ccc1-2. The van der Waals surface area contributed by atoms with Crippen LogP contribution in [0.5, 0.6) is 0 Å². The summed E-state index contributed by atoms with van der Waals surface area (Å²) in [5.74, 6) is 0. The Kier molecular flexibility index (Phi) is 2.05. The molecular formula is C11H9I. The molecule has 0 aromatic heterocycles. The minimum Gasteiger partial charge on any atom is -0.0620 e. The first-order chi connectivity index (χ1) is 5.79. The van der Waals surface area contributed by atoms with Crippen molar-refractivity contribution in [3.05, 3.63) is 45.5 Å². The van der Waals surface area contributed by atoms with Crippen LogP contribution in [0.4, 0.5) is 0 Å². The Hall–Kier alpha value is -0.570. The van der Waals surface area contributed by atoms with Crippen LogP contribution >= 0.6 is 22.6 Å². The van der Waals surface area contributed by atoms with Gasteiger partial charge in [0.15, 0.2) is 0 Å². The predicted molar refractivity (Wildman–Crippen MR) is 60.5 cm³/mol. The smallest absolute Gasteiger partial charge is 0.0209 e. The van der Waals surface area contributed by atoms with Crippen molar-refractivity contribution in [2.45, 2.75) is 6.92 Å². The van der Waals surface area contributed by atoms with Crippen molar-refractivity contribution in [3.63, 3.8) is 0 Å². The minimum absolute atomic E-state index is 1.34. The van der Waals surface area contributed by atoms with E-state index in [1.54, 1.807) is 0 Å². The van der Waals surface area contributed by atoms with Crippen LogP contribution in [0.3, 0.4) is 0 Å². The topological polar surface area (TPSA) is 0 Å². The molecule has 0 fully saturated rings. The zero-order valence-corrected chi connectivity index (χ0v) is 9.00. The second-order valence-electron chi connectivity index (χ2n) is 2.91. The molecule has 0 unspecified atom stereocenters. The number of rotatable bonds is 0. The van der Waals surface area contributed by atoms with E-state index >= 15 is 0 Å². The zero-order chi connectivity index (χ0) is 8.55. The lowest BCUT2D eigenvalue weighted by atomic mass is 10.1. The first-order valence-corrected chi connectivity index (χ1v) is 5.01. The highest BCUT2D eigenvalue weighted by Gasteiger charge is 2.06. The van der Waals surface area contributed by atoms with Crippen molar-refractivity contribution in [1.29, 1.82) is 0 Å². The number of hydrogen-bond acceptors (Lipinski definition) is 0. The zero-order valence-electron chi connectivity index (χ0n) is 6.84. The molecule has 0 aromatic rings. The van der Waals surface area contributed by atoms with Gasteiger partial charge < -0.3 is 0 Å². The lowest BCUT2D eigenvalue weighted by Gasteiger charge is -1.96. The van der Waals surface area contributed by atoms with Crippen molar-refractivity contribution in [1.82, 2.24) is 0 Å². The molecule has 0 atom stereocenters. The number of hydrogen-bond donors (Lipinski definition) is 0. The van der Waals surface area contributed by atoms with Crippen LogP contribution in [0.15, 0.2) is 36.4 Å². The van der Waals surface area contributed by atoms with E-state index in [-0.39, 0.29) is 0 Å². The van der Waals surface area contributed by atoms with Crippen LogP contribution in [0, 0.1) is 10.5 Å². The molecule has 2 aliphatic rings. The summed E-state index contributed by atoms with van der Waals surface area (Å²) in [4.78, 5) is 0. The standard InChI is InChI=1S/C11H9I/c1-8-4-2-3-5-10-9(8)6-7-11(10)12/h2-7H,1H3. The third kappa shape index (κ3) is 1.22. The number of fused-ring (bicyclic) bond motifs is 1. The van der Waals surface area contributed by atoms with Crippen LogP contribution < -0.4 is 0 Å². The van der Waals surface area contributed by atoms with Crippen LogP contribution in [-0.2, 0) is 0 Å². The van der Waals surface area contributed by atoms with E-state index < -0.39 is 0 Å². The summed E-state index contributed by atoms with van der Waals surface area (Å²) < 4.78 is 1.34. The minimum atomic E-state index is 1.34. The van der Waals surface area contributed by atoms with Crippen molar-refractivity contribution in [3.8, 4) is 11.1 Å². The normalized spacial score (nSPS) is 10.5. The summed E-state index contributed by atoms with van der Waals surface area (Å²) in [6, 6.07) is 12.9. The fraction of sp³-hybridized carbons (Fsp3) is 0.0909. The number of halogens is 1. The second kappa shape index (κ2) is 3.05. The Morgan fingerprint density at radius 3 is 2.50 bits per heavy atom. The van der Waals surface area contributed by atoms with E-state index in [1.807, 2.05) is 0 Å². The Morgan fingerprint density at radius 1 is 0.917 bits per heavy atom. The lowest BCUT2D eigenvalue weighted by Crippen LogP contribution is -1.73. The quantitative estimate of drug-likeness (QED) is 0.639. The van der Waals surface area contributed by atoms with Gasteiger partial charge in [-0.2, -0.15) is 0 Å². The van der Waals surface area contributed by atoms with E-state index in [9.17, 15) is 0 Å². The van der Waals surface area contributed by atoms with E-state index in [0.717, 1.165) is 0 Å². The van der Waals surface area contributed by atoms with Crippen LogP contribution in [0.1, 0.15) is 5.56 Å². The molecule has 0 N–H and O–H groups in total. The summed E-state index contributed by atoms with van der Waals surface area (Å²) in [5.41, 5.74) is 4.07. The Morgan fingerprint density at radius 2 is 1.67 bits per heavy atom. The highest BCUT2D eigenvalue weighted by molar-refractivity contribution is 14.1. The van der Waals surface area contributed by atoms with Gasteiger partial charge in [-0.15, -0.1) is 0 Å². The van der Waals surface area contributed by atoms with E-state index in [2.05, 4.69) is 65.9 Å². The highest BCUT2D eigenvalue weighted by atomic mass is 127. The average Bonchev–Trinajstić information content (AvgIpc) is 2.30. The predicted octanol–water partition coefficient (Wildman–Crippen LogP) is 3.70. The molecule has 0 aliphatic heterocycles. The van der Waals surface area contributed by atoms with Crippen molar-refractivity contribution < 1.29 is 0 Å². The van der Waals surface area contributed by atoms with Gasteiger partial charge in [0.05, 0.1) is 0 Å². The fourth-order valence-corrected chi connectivity index (χ4v) is 2.07. The lowest BCUT2D eigenvalue weighted by molar-refractivity contribution is 1.52. The summed E-state index contributed by atoms with van der Waals surface area (Å²) >= 11 is 2.37. The molecule has 0 saturated heterocycles. The van der Waals surface area contributed by atoms with E-state index in [4.69, 9.17) is 0 Å². The van der Waals surface area contributed by atoms with Gasteiger partial charge in [0.2, 0.25) is 0 Å². The number of aryl methyl sites for hydroxylation is 1.